The first-order valence-corrected chi connectivity index (χ1v) is 7.80. The molecule has 0 aromatic heterocycles. The van der Waals surface area contributed by atoms with E-state index in [2.05, 4.69) is 5.32 Å². The van der Waals surface area contributed by atoms with Crippen LogP contribution in [0, 0.1) is 23.7 Å². The zero-order valence-corrected chi connectivity index (χ0v) is 13.2. The average Bonchev–Trinajstić information content (AvgIpc) is 3.15. The molecule has 4 atom stereocenters. The van der Waals surface area contributed by atoms with E-state index in [0.29, 0.717) is 17.2 Å². The Balaban J connectivity index is 1.78. The van der Waals surface area contributed by atoms with Crippen LogP contribution in [0.4, 0.5) is 5.69 Å². The Labute approximate surface area is 134 Å². The minimum Gasteiger partial charge on any atom is -0.493 e. The molecule has 6 heteroatoms. The first-order valence-electron chi connectivity index (χ1n) is 7.80. The molecule has 0 saturated heterocycles. The molecule has 0 radical (unpaired) electrons. The van der Waals surface area contributed by atoms with Gasteiger partial charge in [0, 0.05) is 11.8 Å². The fraction of sp³-hybridized carbons (Fsp3) is 0.529. The summed E-state index contributed by atoms with van der Waals surface area (Å²) in [4.78, 5) is 24.2. The van der Waals surface area contributed by atoms with Gasteiger partial charge in [0.15, 0.2) is 11.5 Å². The number of aliphatic carboxylic acids is 1. The molecule has 0 heterocycles. The van der Waals surface area contributed by atoms with E-state index >= 15 is 0 Å². The number of benzene rings is 1. The summed E-state index contributed by atoms with van der Waals surface area (Å²) >= 11 is 0. The second kappa shape index (κ2) is 6.10. The molecule has 1 aromatic carbocycles. The molecule has 1 amide bonds. The number of rotatable bonds is 5. The molecule has 2 saturated carbocycles. The molecule has 3 rings (SSSR count). The third kappa shape index (κ3) is 2.73. The number of fused-ring (bicyclic) bond motifs is 2. The van der Waals surface area contributed by atoms with Crippen molar-refractivity contribution in [2.24, 2.45) is 23.7 Å². The number of ether oxygens (including phenoxy) is 2. The van der Waals surface area contributed by atoms with Gasteiger partial charge < -0.3 is 19.9 Å². The van der Waals surface area contributed by atoms with Crippen molar-refractivity contribution in [2.75, 3.05) is 19.5 Å². The Morgan fingerprint density at radius 2 is 1.74 bits per heavy atom. The lowest BCUT2D eigenvalue weighted by Gasteiger charge is -2.27. The first-order chi connectivity index (χ1) is 11.0. The highest BCUT2D eigenvalue weighted by Gasteiger charge is 2.53. The van der Waals surface area contributed by atoms with Crippen molar-refractivity contribution >= 4 is 17.6 Å². The number of carboxylic acid groups (broad SMARTS) is 1. The van der Waals surface area contributed by atoms with Crippen molar-refractivity contribution in [3.63, 3.8) is 0 Å². The maximum Gasteiger partial charge on any atom is 0.307 e. The summed E-state index contributed by atoms with van der Waals surface area (Å²) in [5.74, 6) is -0.656. The number of carbonyl (C=O) groups excluding carboxylic acids is 1. The van der Waals surface area contributed by atoms with Crippen LogP contribution in [-0.4, -0.2) is 31.2 Å². The lowest BCUT2D eigenvalue weighted by atomic mass is 9.78. The lowest BCUT2D eigenvalue weighted by molar-refractivity contribution is -0.148. The molecular formula is C17H21NO5. The Hall–Kier alpha value is -2.24. The maximum atomic E-state index is 12.6. The van der Waals surface area contributed by atoms with E-state index in [-0.39, 0.29) is 17.7 Å². The van der Waals surface area contributed by atoms with Gasteiger partial charge in [-0.05, 0) is 43.2 Å². The Bertz CT molecular complexity index is 629. The molecule has 2 fully saturated rings. The number of carbonyl (C=O) groups is 2. The van der Waals surface area contributed by atoms with E-state index in [1.54, 1.807) is 25.3 Å². The fourth-order valence-electron chi connectivity index (χ4n) is 4.16. The van der Waals surface area contributed by atoms with Crippen molar-refractivity contribution in [1.82, 2.24) is 0 Å². The zero-order valence-electron chi connectivity index (χ0n) is 13.2. The van der Waals surface area contributed by atoms with Crippen LogP contribution in [0.5, 0.6) is 11.5 Å². The van der Waals surface area contributed by atoms with Gasteiger partial charge in [0.05, 0.1) is 26.1 Å². The number of hydrogen-bond acceptors (Lipinski definition) is 4. The minimum absolute atomic E-state index is 0.138. The molecule has 23 heavy (non-hydrogen) atoms. The average molecular weight is 319 g/mol. The van der Waals surface area contributed by atoms with E-state index in [9.17, 15) is 14.7 Å². The van der Waals surface area contributed by atoms with Gasteiger partial charge in [0.1, 0.15) is 0 Å². The van der Waals surface area contributed by atoms with Crippen LogP contribution in [-0.2, 0) is 9.59 Å². The number of amides is 1. The quantitative estimate of drug-likeness (QED) is 0.870. The van der Waals surface area contributed by atoms with Gasteiger partial charge in [-0.3, -0.25) is 9.59 Å². The van der Waals surface area contributed by atoms with Crippen LogP contribution in [0.1, 0.15) is 19.3 Å². The molecule has 0 spiro atoms. The van der Waals surface area contributed by atoms with Crippen LogP contribution >= 0.6 is 0 Å². The third-order valence-electron chi connectivity index (χ3n) is 5.16. The Morgan fingerprint density at radius 3 is 2.35 bits per heavy atom. The van der Waals surface area contributed by atoms with Crippen LogP contribution in [0.2, 0.25) is 0 Å². The topological polar surface area (TPSA) is 84.9 Å². The van der Waals surface area contributed by atoms with Gasteiger partial charge in [0.25, 0.3) is 0 Å². The van der Waals surface area contributed by atoms with Gasteiger partial charge in [-0.25, -0.2) is 0 Å². The molecule has 2 N–H and O–H groups in total. The summed E-state index contributed by atoms with van der Waals surface area (Å²) in [5, 5.41) is 12.3. The fourth-order valence-corrected chi connectivity index (χ4v) is 4.16. The summed E-state index contributed by atoms with van der Waals surface area (Å²) in [5.41, 5.74) is 0.583. The first kappa shape index (κ1) is 15.6. The smallest absolute Gasteiger partial charge is 0.307 e. The highest BCUT2D eigenvalue weighted by Crippen LogP contribution is 2.52. The predicted octanol–water partition coefficient (Wildman–Crippen LogP) is 2.39. The van der Waals surface area contributed by atoms with Gasteiger partial charge >= 0.3 is 5.97 Å². The standard InChI is InChI=1S/C17H21NO5/c1-22-12-6-5-11(8-13(12)23-2)18-16(19)14-9-3-4-10(7-9)15(14)17(20)21/h5-6,8-10,14-15H,3-4,7H2,1-2H3,(H,18,19)(H,20,21)/t9-,10-,14-,15-/m1/s1. The molecule has 2 aliphatic rings. The van der Waals surface area contributed by atoms with Crippen molar-refractivity contribution < 1.29 is 24.2 Å². The Kier molecular flexibility index (Phi) is 4.15. The van der Waals surface area contributed by atoms with Gasteiger partial charge in [-0.2, -0.15) is 0 Å². The molecule has 0 unspecified atom stereocenters. The third-order valence-corrected chi connectivity index (χ3v) is 5.16. The Morgan fingerprint density at radius 1 is 1.09 bits per heavy atom. The normalized spacial score (nSPS) is 28.4. The van der Waals surface area contributed by atoms with Gasteiger partial charge in [-0.1, -0.05) is 0 Å². The van der Waals surface area contributed by atoms with E-state index in [0.717, 1.165) is 19.3 Å². The highest BCUT2D eigenvalue weighted by molar-refractivity contribution is 5.96. The lowest BCUT2D eigenvalue weighted by Crippen LogP contribution is -2.37. The van der Waals surface area contributed by atoms with E-state index in [1.165, 1.54) is 7.11 Å². The number of hydrogen-bond donors (Lipinski definition) is 2. The molecule has 2 aliphatic carbocycles. The summed E-state index contributed by atoms with van der Waals surface area (Å²) < 4.78 is 10.4. The number of anilines is 1. The second-order valence-corrected chi connectivity index (χ2v) is 6.28. The molecular weight excluding hydrogens is 298 g/mol. The summed E-state index contributed by atoms with van der Waals surface area (Å²) in [6, 6.07) is 5.12. The van der Waals surface area contributed by atoms with Crippen LogP contribution in [0.3, 0.4) is 0 Å². The van der Waals surface area contributed by atoms with Gasteiger partial charge in [0.2, 0.25) is 5.91 Å². The number of nitrogens with one attached hydrogen (secondary N) is 1. The highest BCUT2D eigenvalue weighted by atomic mass is 16.5. The van der Waals surface area contributed by atoms with Crippen LogP contribution in [0.25, 0.3) is 0 Å². The molecule has 2 bridgehead atoms. The van der Waals surface area contributed by atoms with E-state index < -0.39 is 17.8 Å². The molecule has 124 valence electrons. The van der Waals surface area contributed by atoms with Crippen LogP contribution < -0.4 is 14.8 Å². The van der Waals surface area contributed by atoms with Crippen molar-refractivity contribution in [2.45, 2.75) is 19.3 Å². The minimum atomic E-state index is -0.857. The largest absolute Gasteiger partial charge is 0.493 e. The van der Waals surface area contributed by atoms with Crippen molar-refractivity contribution in [3.05, 3.63) is 18.2 Å². The predicted molar refractivity (Wildman–Crippen MR) is 83.6 cm³/mol. The summed E-state index contributed by atoms with van der Waals surface area (Å²) in [6.07, 6.45) is 2.71. The molecule has 0 aliphatic heterocycles. The zero-order chi connectivity index (χ0) is 16.6. The van der Waals surface area contributed by atoms with Crippen molar-refractivity contribution in [3.8, 4) is 11.5 Å². The van der Waals surface area contributed by atoms with Crippen molar-refractivity contribution in [1.29, 1.82) is 0 Å². The summed E-state index contributed by atoms with van der Waals surface area (Å²) in [7, 11) is 3.07. The SMILES string of the molecule is COc1ccc(NC(=O)[C@@H]2[C@@H]3CC[C@H](C3)[C@H]2C(=O)O)cc1OC. The second-order valence-electron chi connectivity index (χ2n) is 6.28. The molecule has 1 aromatic rings. The maximum absolute atomic E-state index is 12.6. The number of carboxylic acids is 1. The van der Waals surface area contributed by atoms with Crippen LogP contribution in [0.15, 0.2) is 18.2 Å². The van der Waals surface area contributed by atoms with E-state index in [1.807, 2.05) is 0 Å². The summed E-state index contributed by atoms with van der Waals surface area (Å²) in [6.45, 7) is 0. The number of methoxy groups -OCH3 is 2. The monoisotopic (exact) mass is 319 g/mol. The van der Waals surface area contributed by atoms with E-state index in [4.69, 9.17) is 9.47 Å². The molecule has 6 nitrogen and oxygen atoms in total. The van der Waals surface area contributed by atoms with Gasteiger partial charge in [-0.15, -0.1) is 0 Å².